The Morgan fingerprint density at radius 3 is 2.40 bits per heavy atom. The maximum Gasteiger partial charge on any atom is 0.261 e. The molecule has 0 aliphatic carbocycles. The van der Waals surface area contributed by atoms with Crippen LogP contribution in [-0.2, 0) is 14.8 Å². The van der Waals surface area contributed by atoms with Gasteiger partial charge in [-0.2, -0.15) is 0 Å². The van der Waals surface area contributed by atoms with Gasteiger partial charge in [-0.3, -0.25) is 14.3 Å². The maximum absolute atomic E-state index is 13.7. The molecule has 0 spiro atoms. The smallest absolute Gasteiger partial charge is 0.261 e. The van der Waals surface area contributed by atoms with Gasteiger partial charge >= 0.3 is 0 Å². The summed E-state index contributed by atoms with van der Waals surface area (Å²) in [6.07, 6.45) is 1.69. The van der Waals surface area contributed by atoms with Crippen molar-refractivity contribution in [2.24, 2.45) is 0 Å². The van der Waals surface area contributed by atoms with Crippen molar-refractivity contribution < 1.29 is 22.7 Å². The van der Waals surface area contributed by atoms with Gasteiger partial charge in [-0.05, 0) is 62.5 Å². The van der Waals surface area contributed by atoms with E-state index in [-0.39, 0.29) is 16.7 Å². The molecule has 0 bridgehead atoms. The second-order valence-corrected chi connectivity index (χ2v) is 12.3. The fraction of sp³-hybridized carbons (Fsp3) is 0.235. The summed E-state index contributed by atoms with van der Waals surface area (Å²) >= 11 is 0. The van der Waals surface area contributed by atoms with Crippen LogP contribution in [0.25, 0.3) is 22.8 Å². The first-order chi connectivity index (χ1) is 21.7. The Morgan fingerprint density at radius 2 is 1.69 bits per heavy atom. The van der Waals surface area contributed by atoms with Gasteiger partial charge in [-0.15, -0.1) is 0 Å². The summed E-state index contributed by atoms with van der Waals surface area (Å²) in [7, 11) is -2.27. The normalized spacial score (nSPS) is 13.5. The lowest BCUT2D eigenvalue weighted by Crippen LogP contribution is -2.35. The molecule has 1 aromatic heterocycles. The zero-order valence-electron chi connectivity index (χ0n) is 25.7. The number of aromatic nitrogens is 1. The minimum Gasteiger partial charge on any atom is -0.496 e. The molecule has 1 aliphatic heterocycles. The van der Waals surface area contributed by atoms with Gasteiger partial charge in [0.1, 0.15) is 5.75 Å². The molecule has 234 valence electrons. The fourth-order valence-electron chi connectivity index (χ4n) is 5.48. The van der Waals surface area contributed by atoms with Crippen LogP contribution >= 0.6 is 0 Å². The van der Waals surface area contributed by atoms with Crippen molar-refractivity contribution in [2.75, 3.05) is 43.3 Å². The van der Waals surface area contributed by atoms with Crippen molar-refractivity contribution in [3.05, 3.63) is 95.3 Å². The van der Waals surface area contributed by atoms with Gasteiger partial charge in [0, 0.05) is 52.5 Å². The lowest BCUT2D eigenvalue weighted by molar-refractivity contribution is -0.110. The number of fused-ring (bicyclic) bond motifs is 1. The first kappa shape index (κ1) is 31.6. The number of methoxy groups -OCH3 is 1. The quantitative estimate of drug-likeness (QED) is 0.156. The van der Waals surface area contributed by atoms with Crippen molar-refractivity contribution in [1.82, 2.24) is 15.2 Å². The third-order valence-corrected chi connectivity index (χ3v) is 9.22. The Kier molecular flexibility index (Phi) is 9.40. The lowest BCUT2D eigenvalue weighted by atomic mass is 9.96. The van der Waals surface area contributed by atoms with Crippen LogP contribution in [0.5, 0.6) is 5.75 Å². The molecular weight excluding hydrogens is 590 g/mol. The van der Waals surface area contributed by atoms with E-state index >= 15 is 0 Å². The number of para-hydroxylation sites is 1. The molecule has 0 saturated heterocycles. The number of ether oxygens (including phenoxy) is 1. The summed E-state index contributed by atoms with van der Waals surface area (Å²) in [4.78, 5) is 32.6. The Hall–Kier alpha value is -4.87. The molecule has 1 aliphatic rings. The largest absolute Gasteiger partial charge is 0.496 e. The molecule has 0 radical (unpaired) electrons. The monoisotopic (exact) mass is 627 g/mol. The molecule has 3 aromatic carbocycles. The maximum atomic E-state index is 13.7. The van der Waals surface area contributed by atoms with Crippen LogP contribution < -0.4 is 20.1 Å². The number of carbonyl (C=O) groups excluding carboxylic acids is 2. The summed E-state index contributed by atoms with van der Waals surface area (Å²) in [5.74, 6) is -0.0194. The number of carbonyl (C=O) groups is 2. The van der Waals surface area contributed by atoms with E-state index in [1.165, 1.54) is 12.1 Å². The number of amides is 2. The highest BCUT2D eigenvalue weighted by Gasteiger charge is 2.29. The van der Waals surface area contributed by atoms with E-state index in [1.807, 2.05) is 31.2 Å². The minimum absolute atomic E-state index is 0.127. The van der Waals surface area contributed by atoms with Gasteiger partial charge in [-0.25, -0.2) is 8.42 Å². The Labute approximate surface area is 263 Å². The molecule has 0 fully saturated rings. The van der Waals surface area contributed by atoms with Gasteiger partial charge in [0.2, 0.25) is 0 Å². The summed E-state index contributed by atoms with van der Waals surface area (Å²) in [6.45, 7) is 8.96. The van der Waals surface area contributed by atoms with Crippen LogP contribution in [0.4, 0.5) is 11.4 Å². The molecule has 10 nitrogen and oxygen atoms in total. The number of sulfonamides is 1. The Bertz CT molecular complexity index is 1860. The minimum atomic E-state index is -3.84. The SMILES string of the molecule is CCN(CC)CCNC(=O)c1c(C)[nH]c(/C=C2\C(=O)Nc3ccc(NS(=O)(=O)c4ccccc4)cc32)c1-c1ccccc1OC. The average molecular weight is 628 g/mol. The van der Waals surface area contributed by atoms with Crippen molar-refractivity contribution >= 4 is 44.9 Å². The highest BCUT2D eigenvalue weighted by Crippen LogP contribution is 2.40. The van der Waals surface area contributed by atoms with E-state index < -0.39 is 10.0 Å². The van der Waals surface area contributed by atoms with Crippen molar-refractivity contribution in [3.63, 3.8) is 0 Å². The fourth-order valence-corrected chi connectivity index (χ4v) is 6.55. The first-order valence-electron chi connectivity index (χ1n) is 14.8. The van der Waals surface area contributed by atoms with E-state index in [1.54, 1.807) is 49.6 Å². The number of aromatic amines is 1. The number of aryl methyl sites for hydroxylation is 1. The van der Waals surface area contributed by atoms with Crippen molar-refractivity contribution in [2.45, 2.75) is 25.7 Å². The first-order valence-corrected chi connectivity index (χ1v) is 16.3. The van der Waals surface area contributed by atoms with E-state index in [0.717, 1.165) is 19.6 Å². The molecule has 5 rings (SSSR count). The standard InChI is InChI=1S/C34H37N5O5S/c1-5-39(6-2)19-18-35-34(41)31-22(3)36-29(32(31)25-14-10-11-15-30(25)44-4)21-27-26-20-23(16-17-28(26)37-33(27)40)38-45(42,43)24-12-8-7-9-13-24/h7-17,20-21,36,38H,5-6,18-19H2,1-4H3,(H,35,41)(H,37,40)/b27-21-. The summed E-state index contributed by atoms with van der Waals surface area (Å²) < 4.78 is 34.2. The average Bonchev–Trinajstić information content (AvgIpc) is 3.54. The van der Waals surface area contributed by atoms with Gasteiger partial charge in [0.05, 0.1) is 23.1 Å². The molecular formula is C34H37N5O5S. The van der Waals surface area contributed by atoms with E-state index in [9.17, 15) is 18.0 Å². The molecule has 0 saturated carbocycles. The zero-order chi connectivity index (χ0) is 32.1. The van der Waals surface area contributed by atoms with E-state index in [4.69, 9.17) is 4.74 Å². The predicted molar refractivity (Wildman–Crippen MR) is 178 cm³/mol. The summed E-state index contributed by atoms with van der Waals surface area (Å²) in [5, 5.41) is 5.91. The molecule has 11 heteroatoms. The number of H-pyrrole nitrogens is 1. The molecule has 0 atom stereocenters. The number of rotatable bonds is 12. The van der Waals surface area contributed by atoms with Gasteiger partial charge in [-0.1, -0.05) is 50.2 Å². The van der Waals surface area contributed by atoms with Crippen LogP contribution in [-0.4, -0.2) is 63.4 Å². The lowest BCUT2D eigenvalue weighted by Gasteiger charge is -2.18. The highest BCUT2D eigenvalue weighted by molar-refractivity contribution is 7.92. The Balaban J connectivity index is 1.56. The van der Waals surface area contributed by atoms with Crippen LogP contribution in [0.1, 0.15) is 41.2 Å². The molecule has 2 amide bonds. The molecule has 4 aromatic rings. The number of nitrogens with one attached hydrogen (secondary N) is 4. The summed E-state index contributed by atoms with van der Waals surface area (Å²) in [5.41, 5.74) is 4.60. The number of likely N-dealkylation sites (N-methyl/N-ethyl adjacent to an activating group) is 1. The second kappa shape index (κ2) is 13.4. The number of hydrogen-bond acceptors (Lipinski definition) is 6. The third kappa shape index (κ3) is 6.64. The second-order valence-electron chi connectivity index (χ2n) is 10.6. The molecule has 0 unspecified atom stereocenters. The topological polar surface area (TPSA) is 133 Å². The van der Waals surface area contributed by atoms with Crippen LogP contribution in [0.3, 0.4) is 0 Å². The van der Waals surface area contributed by atoms with Crippen LogP contribution in [0, 0.1) is 6.92 Å². The van der Waals surface area contributed by atoms with E-state index in [2.05, 4.69) is 39.1 Å². The number of hydrogen-bond donors (Lipinski definition) is 4. The molecule has 2 heterocycles. The molecule has 4 N–H and O–H groups in total. The third-order valence-electron chi connectivity index (χ3n) is 7.82. The zero-order valence-corrected chi connectivity index (χ0v) is 26.5. The van der Waals surface area contributed by atoms with Gasteiger partial charge < -0.3 is 25.3 Å². The molecule has 45 heavy (non-hydrogen) atoms. The number of benzene rings is 3. The van der Waals surface area contributed by atoms with Crippen molar-refractivity contribution in [3.8, 4) is 16.9 Å². The highest BCUT2D eigenvalue weighted by atomic mass is 32.2. The van der Waals surface area contributed by atoms with Crippen molar-refractivity contribution in [1.29, 1.82) is 0 Å². The number of nitrogens with zero attached hydrogens (tertiary/aromatic N) is 1. The van der Waals surface area contributed by atoms with Gasteiger partial charge in [0.25, 0.3) is 21.8 Å². The number of anilines is 2. The van der Waals surface area contributed by atoms with Gasteiger partial charge in [0.15, 0.2) is 0 Å². The van der Waals surface area contributed by atoms with Crippen LogP contribution in [0.15, 0.2) is 77.7 Å². The Morgan fingerprint density at radius 1 is 0.978 bits per heavy atom. The summed E-state index contributed by atoms with van der Waals surface area (Å²) in [6, 6.07) is 20.3. The van der Waals surface area contributed by atoms with Crippen LogP contribution in [0.2, 0.25) is 0 Å². The predicted octanol–water partition coefficient (Wildman–Crippen LogP) is 5.36. The van der Waals surface area contributed by atoms with E-state index in [0.29, 0.717) is 62.9 Å².